The van der Waals surface area contributed by atoms with Crippen molar-refractivity contribution in [1.29, 1.82) is 0 Å². The highest BCUT2D eigenvalue weighted by atomic mass is 32.1. The van der Waals surface area contributed by atoms with Crippen molar-refractivity contribution in [3.8, 4) is 0 Å². The molecule has 1 saturated heterocycles. The summed E-state index contributed by atoms with van der Waals surface area (Å²) < 4.78 is 46.1. The molecule has 2 aromatic carbocycles. The summed E-state index contributed by atoms with van der Waals surface area (Å²) in [5.74, 6) is -0.942. The summed E-state index contributed by atoms with van der Waals surface area (Å²) >= 11 is 1.20. The highest BCUT2D eigenvalue weighted by molar-refractivity contribution is 7.22. The number of halogens is 3. The summed E-state index contributed by atoms with van der Waals surface area (Å²) in [6.45, 7) is 7.26. The Labute approximate surface area is 204 Å². The molecule has 11 heteroatoms. The van der Waals surface area contributed by atoms with Gasteiger partial charge in [0.25, 0.3) is 5.91 Å². The van der Waals surface area contributed by atoms with Gasteiger partial charge in [-0.2, -0.15) is 13.2 Å². The summed E-state index contributed by atoms with van der Waals surface area (Å²) in [5, 5.41) is 5.48. The van der Waals surface area contributed by atoms with E-state index in [1.54, 1.807) is 12.1 Å². The number of alkyl halides is 3. The van der Waals surface area contributed by atoms with E-state index in [1.807, 2.05) is 0 Å². The Bertz CT molecular complexity index is 1260. The Kier molecular flexibility index (Phi) is 7.11. The first-order valence-electron chi connectivity index (χ1n) is 11.0. The van der Waals surface area contributed by atoms with Crippen LogP contribution in [0.25, 0.3) is 10.2 Å². The van der Waals surface area contributed by atoms with E-state index in [0.717, 1.165) is 24.7 Å². The number of nitrogens with one attached hydrogen (secondary N) is 2. The first kappa shape index (κ1) is 25.1. The molecule has 0 spiro atoms. The molecule has 0 bridgehead atoms. The molecule has 1 aliphatic rings. The molecule has 185 valence electrons. The van der Waals surface area contributed by atoms with E-state index in [4.69, 9.17) is 4.74 Å². The van der Waals surface area contributed by atoms with Crippen LogP contribution in [-0.2, 0) is 15.7 Å². The van der Waals surface area contributed by atoms with E-state index in [2.05, 4.69) is 40.4 Å². The SMILES string of the molecule is CC(=O)Nc1nc2c(C(=O)Nc3[c]ccc(C(F)(F)F)c3)c(C3CN(C(C)C)CCO3)ccc2s1. The van der Waals surface area contributed by atoms with Gasteiger partial charge < -0.3 is 15.4 Å². The molecule has 2 heterocycles. The summed E-state index contributed by atoms with van der Waals surface area (Å²) in [6.07, 6.45) is -4.99. The van der Waals surface area contributed by atoms with E-state index in [-0.39, 0.29) is 23.2 Å². The van der Waals surface area contributed by atoms with Crippen LogP contribution in [0.1, 0.15) is 48.4 Å². The average molecular weight is 506 g/mol. The molecule has 3 aromatic rings. The Hall–Kier alpha value is -3.02. The van der Waals surface area contributed by atoms with Gasteiger partial charge >= 0.3 is 6.18 Å². The molecular weight excluding hydrogens is 481 g/mol. The number of aromatic nitrogens is 1. The van der Waals surface area contributed by atoms with Gasteiger partial charge in [-0.25, -0.2) is 4.98 Å². The summed E-state index contributed by atoms with van der Waals surface area (Å²) in [5.41, 5.74) is 0.100. The molecule has 4 rings (SSSR count). The average Bonchev–Trinajstić information content (AvgIpc) is 3.19. The number of fused-ring (bicyclic) bond motifs is 1. The summed E-state index contributed by atoms with van der Waals surface area (Å²) in [7, 11) is 0. The van der Waals surface area contributed by atoms with Crippen LogP contribution in [0, 0.1) is 6.07 Å². The molecule has 0 aliphatic carbocycles. The first-order valence-corrected chi connectivity index (χ1v) is 11.8. The molecule has 2 N–H and O–H groups in total. The second kappa shape index (κ2) is 9.92. The van der Waals surface area contributed by atoms with Gasteiger partial charge in [-0.15, -0.1) is 0 Å². The zero-order chi connectivity index (χ0) is 25.3. The predicted octanol–water partition coefficient (Wildman–Crippen LogP) is 5.11. The van der Waals surface area contributed by atoms with Gasteiger partial charge in [-0.3, -0.25) is 14.5 Å². The smallest absolute Gasteiger partial charge is 0.371 e. The number of morpholine rings is 1. The third-order valence-corrected chi connectivity index (χ3v) is 6.59. The van der Waals surface area contributed by atoms with Crippen molar-refractivity contribution in [1.82, 2.24) is 9.88 Å². The minimum atomic E-state index is -4.56. The number of nitrogens with zero attached hydrogens (tertiary/aromatic N) is 2. The molecule has 1 fully saturated rings. The first-order chi connectivity index (χ1) is 16.5. The maximum Gasteiger partial charge on any atom is 0.416 e. The molecule has 1 atom stereocenters. The maximum absolute atomic E-state index is 13.5. The van der Waals surface area contributed by atoms with Crippen molar-refractivity contribution in [3.05, 3.63) is 53.1 Å². The number of amides is 2. The maximum atomic E-state index is 13.5. The lowest BCUT2D eigenvalue weighted by atomic mass is 9.98. The van der Waals surface area contributed by atoms with Crippen LogP contribution in [0.15, 0.2) is 30.3 Å². The van der Waals surface area contributed by atoms with E-state index in [1.165, 1.54) is 18.3 Å². The van der Waals surface area contributed by atoms with Gasteiger partial charge in [-0.1, -0.05) is 23.5 Å². The van der Waals surface area contributed by atoms with Gasteiger partial charge in [-0.05, 0) is 37.6 Å². The zero-order valence-corrected chi connectivity index (χ0v) is 20.1. The number of anilines is 2. The third kappa shape index (κ3) is 5.63. The number of carbonyl (C=O) groups is 2. The van der Waals surface area contributed by atoms with Crippen molar-refractivity contribution in [2.24, 2.45) is 0 Å². The molecule has 1 unspecified atom stereocenters. The second-order valence-electron chi connectivity index (χ2n) is 8.47. The highest BCUT2D eigenvalue weighted by Crippen LogP contribution is 2.36. The van der Waals surface area contributed by atoms with E-state index in [0.29, 0.717) is 34.1 Å². The van der Waals surface area contributed by atoms with E-state index >= 15 is 0 Å². The van der Waals surface area contributed by atoms with Gasteiger partial charge in [0.05, 0.1) is 34.1 Å². The van der Waals surface area contributed by atoms with Crippen molar-refractivity contribution in [3.63, 3.8) is 0 Å². The number of thiazole rings is 1. The van der Waals surface area contributed by atoms with Crippen LogP contribution in [0.3, 0.4) is 0 Å². The number of rotatable bonds is 5. The Morgan fingerprint density at radius 2 is 2.03 bits per heavy atom. The topological polar surface area (TPSA) is 83.6 Å². The van der Waals surface area contributed by atoms with Crippen LogP contribution >= 0.6 is 11.3 Å². The zero-order valence-electron chi connectivity index (χ0n) is 19.3. The summed E-state index contributed by atoms with van der Waals surface area (Å²) in [6, 6.07) is 9.32. The van der Waals surface area contributed by atoms with Crippen LogP contribution < -0.4 is 10.6 Å². The lowest BCUT2D eigenvalue weighted by Crippen LogP contribution is -2.42. The lowest BCUT2D eigenvalue weighted by molar-refractivity contribution is -0.137. The minimum Gasteiger partial charge on any atom is -0.371 e. The van der Waals surface area contributed by atoms with Crippen LogP contribution in [0.2, 0.25) is 0 Å². The van der Waals surface area contributed by atoms with Crippen molar-refractivity contribution in [2.75, 3.05) is 30.3 Å². The predicted molar refractivity (Wildman–Crippen MR) is 128 cm³/mol. The molecule has 1 aliphatic heterocycles. The fourth-order valence-electron chi connectivity index (χ4n) is 3.95. The van der Waals surface area contributed by atoms with Crippen molar-refractivity contribution in [2.45, 2.75) is 39.1 Å². The normalized spacial score (nSPS) is 17.1. The number of carbonyl (C=O) groups excluding carboxylic acids is 2. The molecule has 0 saturated carbocycles. The standard InChI is InChI=1S/C24H24F3N4O3S/c1-13(2)31-9-10-34-18(12-31)17-7-8-19-21(30-23(35-19)28-14(3)32)20(17)22(33)29-16-6-4-5-15(11-16)24(25,26)27/h4-5,7-8,11,13,18H,9-10,12H2,1-3H3,(H,29,33)(H,28,30,32). The fourth-order valence-corrected chi connectivity index (χ4v) is 4.87. The number of ether oxygens (including phenoxy) is 1. The van der Waals surface area contributed by atoms with Gasteiger partial charge in [0.1, 0.15) is 0 Å². The molecular formula is C24H24F3N4O3S. The number of hydrogen-bond donors (Lipinski definition) is 2. The molecule has 2 amide bonds. The number of hydrogen-bond acceptors (Lipinski definition) is 6. The van der Waals surface area contributed by atoms with Crippen molar-refractivity contribution < 1.29 is 27.5 Å². The van der Waals surface area contributed by atoms with Crippen LogP contribution in [0.5, 0.6) is 0 Å². The minimum absolute atomic E-state index is 0.113. The molecule has 1 aromatic heterocycles. The molecule has 1 radical (unpaired) electrons. The van der Waals surface area contributed by atoms with E-state index in [9.17, 15) is 22.8 Å². The highest BCUT2D eigenvalue weighted by Gasteiger charge is 2.32. The fraction of sp³-hybridized carbons (Fsp3) is 0.375. The molecule has 7 nitrogen and oxygen atoms in total. The largest absolute Gasteiger partial charge is 0.416 e. The monoisotopic (exact) mass is 505 g/mol. The third-order valence-electron chi connectivity index (χ3n) is 5.66. The Morgan fingerprint density at radius 1 is 1.26 bits per heavy atom. The second-order valence-corrected chi connectivity index (χ2v) is 9.50. The quantitative estimate of drug-likeness (QED) is 0.504. The Balaban J connectivity index is 1.77. The van der Waals surface area contributed by atoms with Gasteiger partial charge in [0.15, 0.2) is 5.13 Å². The molecule has 35 heavy (non-hydrogen) atoms. The van der Waals surface area contributed by atoms with Crippen molar-refractivity contribution >= 4 is 44.2 Å². The van der Waals surface area contributed by atoms with Crippen LogP contribution in [0.4, 0.5) is 24.0 Å². The van der Waals surface area contributed by atoms with E-state index < -0.39 is 23.8 Å². The number of benzene rings is 2. The van der Waals surface area contributed by atoms with Crippen LogP contribution in [-0.4, -0.2) is 47.4 Å². The van der Waals surface area contributed by atoms with Gasteiger partial charge in [0.2, 0.25) is 5.91 Å². The summed E-state index contributed by atoms with van der Waals surface area (Å²) in [4.78, 5) is 31.7. The Morgan fingerprint density at radius 3 is 2.71 bits per heavy atom. The lowest BCUT2D eigenvalue weighted by Gasteiger charge is -2.36. The van der Waals surface area contributed by atoms with Gasteiger partial charge in [0, 0.05) is 37.8 Å².